The first-order valence-corrected chi connectivity index (χ1v) is 10.0. The van der Waals surface area contributed by atoms with Crippen LogP contribution in [0, 0.1) is 6.66 Å². The van der Waals surface area contributed by atoms with Crippen molar-refractivity contribution in [3.05, 3.63) is 97.7 Å². The van der Waals surface area contributed by atoms with Crippen molar-refractivity contribution in [3.63, 3.8) is 0 Å². The second-order valence-corrected chi connectivity index (χ2v) is 10.9. The van der Waals surface area contributed by atoms with E-state index in [2.05, 4.69) is 97.7 Å². The minimum absolute atomic E-state index is 1.32. The van der Waals surface area contributed by atoms with Crippen molar-refractivity contribution < 1.29 is 0 Å². The van der Waals surface area contributed by atoms with Gasteiger partial charge in [0, 0.05) is 0 Å². The van der Waals surface area contributed by atoms with E-state index >= 15 is 0 Å². The van der Waals surface area contributed by atoms with E-state index in [1.165, 1.54) is 15.9 Å². The number of hydrogen-bond acceptors (Lipinski definition) is 0. The standard InChI is InChI=1S/C20H20P/c1-21(2,18-12-6-3-7-13-18,19-14-8-4-9-15-19)20-16-10-5-11-17-20/h3-17H,1H2,2H3/q+1. The Morgan fingerprint density at radius 1 is 0.524 bits per heavy atom. The number of benzene rings is 3. The molecule has 21 heavy (non-hydrogen) atoms. The minimum atomic E-state index is -2.62. The van der Waals surface area contributed by atoms with Crippen molar-refractivity contribution in [3.8, 4) is 0 Å². The molecule has 0 N–H and O–H groups in total. The zero-order valence-corrected chi connectivity index (χ0v) is 13.2. The molecule has 3 aromatic carbocycles. The van der Waals surface area contributed by atoms with Gasteiger partial charge in [0.25, 0.3) is 0 Å². The zero-order valence-electron chi connectivity index (χ0n) is 12.3. The Morgan fingerprint density at radius 3 is 1.00 bits per heavy atom. The molecule has 0 aliphatic rings. The first-order valence-electron chi connectivity index (χ1n) is 7.17. The normalized spacial score (nSPS) is 13.3. The van der Waals surface area contributed by atoms with E-state index in [9.17, 15) is 0 Å². The molecule has 0 unspecified atom stereocenters. The van der Waals surface area contributed by atoms with Crippen LogP contribution in [0.4, 0.5) is 0 Å². The molecule has 0 saturated carbocycles. The number of hydrogen-bond donors (Lipinski definition) is 0. The van der Waals surface area contributed by atoms with Gasteiger partial charge in [-0.05, 0) is 0 Å². The third kappa shape index (κ3) is 2.17. The van der Waals surface area contributed by atoms with Crippen LogP contribution in [0.15, 0.2) is 91.0 Å². The molecule has 0 aliphatic heterocycles. The van der Waals surface area contributed by atoms with E-state index in [1.807, 2.05) is 0 Å². The van der Waals surface area contributed by atoms with Gasteiger partial charge in [0.15, 0.2) is 0 Å². The van der Waals surface area contributed by atoms with Crippen LogP contribution >= 0.6 is 6.60 Å². The molecule has 0 aromatic heterocycles. The van der Waals surface area contributed by atoms with Gasteiger partial charge >= 0.3 is 127 Å². The summed E-state index contributed by atoms with van der Waals surface area (Å²) in [6.45, 7) is 4.56. The molecule has 3 aromatic rings. The van der Waals surface area contributed by atoms with E-state index in [-0.39, 0.29) is 0 Å². The van der Waals surface area contributed by atoms with Crippen LogP contribution in [0.2, 0.25) is 0 Å². The molecule has 3 rings (SSSR count). The first-order chi connectivity index (χ1) is 10.1. The van der Waals surface area contributed by atoms with Crippen molar-refractivity contribution in [2.45, 2.75) is 0 Å². The molecular weight excluding hydrogens is 271 g/mol. The monoisotopic (exact) mass is 291 g/mol. The summed E-state index contributed by atoms with van der Waals surface area (Å²) in [6, 6.07) is 32.1. The fourth-order valence-corrected chi connectivity index (χ4v) is 6.77. The topological polar surface area (TPSA) is 0 Å². The Labute approximate surface area is 127 Å². The Balaban J connectivity index is 2.36. The molecule has 0 saturated heterocycles. The van der Waals surface area contributed by atoms with E-state index in [0.29, 0.717) is 0 Å². The molecule has 0 radical (unpaired) electrons. The summed E-state index contributed by atoms with van der Waals surface area (Å²) in [6.07, 6.45) is 0. The number of rotatable bonds is 3. The summed E-state index contributed by atoms with van der Waals surface area (Å²) in [5.74, 6) is 0. The fraction of sp³-hybridized carbons (Fsp3) is 0.0500. The average molecular weight is 291 g/mol. The van der Waals surface area contributed by atoms with Crippen LogP contribution in [-0.4, -0.2) is 6.66 Å². The van der Waals surface area contributed by atoms with E-state index in [4.69, 9.17) is 6.66 Å². The zero-order chi connectivity index (χ0) is 14.8. The van der Waals surface area contributed by atoms with Crippen LogP contribution in [0.3, 0.4) is 0 Å². The van der Waals surface area contributed by atoms with Crippen molar-refractivity contribution in [1.82, 2.24) is 0 Å². The van der Waals surface area contributed by atoms with Crippen molar-refractivity contribution in [2.75, 3.05) is 6.66 Å². The van der Waals surface area contributed by atoms with Crippen LogP contribution in [-0.2, 0) is 0 Å². The van der Waals surface area contributed by atoms with Crippen LogP contribution in [0.5, 0.6) is 0 Å². The summed E-state index contributed by atoms with van der Waals surface area (Å²) in [4.78, 5) is 0. The van der Waals surface area contributed by atoms with Gasteiger partial charge in [0.05, 0.1) is 0 Å². The Morgan fingerprint density at radius 2 is 0.762 bits per heavy atom. The average Bonchev–Trinajstić information content (AvgIpc) is 2.57. The van der Waals surface area contributed by atoms with Gasteiger partial charge in [-0.3, -0.25) is 0 Å². The summed E-state index contributed by atoms with van der Waals surface area (Å²) >= 11 is 0. The molecule has 0 bridgehead atoms. The van der Waals surface area contributed by atoms with Crippen molar-refractivity contribution in [2.24, 2.45) is 0 Å². The van der Waals surface area contributed by atoms with Gasteiger partial charge in [0.2, 0.25) is 0 Å². The Kier molecular flexibility index (Phi) is 3.35. The van der Waals surface area contributed by atoms with Crippen molar-refractivity contribution >= 4 is 22.5 Å². The van der Waals surface area contributed by atoms with Gasteiger partial charge in [-0.25, -0.2) is 0 Å². The predicted octanol–water partition coefficient (Wildman–Crippen LogP) is 3.94. The second kappa shape index (κ2) is 5.06. The third-order valence-electron chi connectivity index (χ3n) is 4.37. The van der Waals surface area contributed by atoms with E-state index in [0.717, 1.165) is 0 Å². The quantitative estimate of drug-likeness (QED) is 0.506. The fourth-order valence-electron chi connectivity index (χ4n) is 2.94. The molecule has 0 heterocycles. The van der Waals surface area contributed by atoms with Gasteiger partial charge < -0.3 is 0 Å². The molecule has 0 nitrogen and oxygen atoms in total. The maximum absolute atomic E-state index is 4.84. The Hall–Kier alpha value is -2.04. The second-order valence-electron chi connectivity index (χ2n) is 5.80. The molecule has 0 aliphatic carbocycles. The van der Waals surface area contributed by atoms with Crippen LogP contribution in [0.1, 0.15) is 0 Å². The van der Waals surface area contributed by atoms with Crippen molar-refractivity contribution in [1.29, 1.82) is 0 Å². The summed E-state index contributed by atoms with van der Waals surface area (Å²) in [5, 5.41) is 3.96. The summed E-state index contributed by atoms with van der Waals surface area (Å²) in [5.41, 5.74) is 0. The third-order valence-corrected chi connectivity index (χ3v) is 9.45. The van der Waals surface area contributed by atoms with Gasteiger partial charge in [0.1, 0.15) is 0 Å². The Bertz CT molecular complexity index is 612. The first kappa shape index (κ1) is 13.9. The van der Waals surface area contributed by atoms with E-state index in [1.54, 1.807) is 0 Å². The van der Waals surface area contributed by atoms with Gasteiger partial charge in [-0.15, -0.1) is 0 Å². The van der Waals surface area contributed by atoms with E-state index < -0.39 is 6.60 Å². The summed E-state index contributed by atoms with van der Waals surface area (Å²) in [7, 11) is 0. The molecule has 0 fully saturated rings. The van der Waals surface area contributed by atoms with Crippen LogP contribution < -0.4 is 15.9 Å². The molecular formula is C20H20P+. The van der Waals surface area contributed by atoms with Gasteiger partial charge in [-0.1, -0.05) is 0 Å². The molecule has 1 heteroatoms. The van der Waals surface area contributed by atoms with Crippen LogP contribution in [0.25, 0.3) is 0 Å². The molecule has 0 atom stereocenters. The molecule has 104 valence electrons. The van der Waals surface area contributed by atoms with Gasteiger partial charge in [-0.2, -0.15) is 0 Å². The SMILES string of the molecule is [CH2+]P(C)(c1ccccc1)(c1ccccc1)c1ccccc1. The predicted molar refractivity (Wildman–Crippen MR) is 96.4 cm³/mol. The molecule has 0 spiro atoms. The maximum atomic E-state index is 4.84. The summed E-state index contributed by atoms with van der Waals surface area (Å²) < 4.78 is 0. The molecule has 0 amide bonds.